The molecule has 0 unspecified atom stereocenters. The molecule has 0 saturated carbocycles. The van der Waals surface area contributed by atoms with Gasteiger partial charge in [-0.05, 0) is 18.9 Å². The van der Waals surface area contributed by atoms with Crippen LogP contribution in [-0.4, -0.2) is 0 Å². The Morgan fingerprint density at radius 3 is 2.50 bits per heavy atom. The Labute approximate surface area is 74.3 Å². The van der Waals surface area contributed by atoms with Crippen molar-refractivity contribution in [2.75, 3.05) is 0 Å². The standard InChI is InChI=1S/C12H13/c1-2-4-6-8-10-12-11-9-7-5-3-1/h1-7,11-12H,8,10H2/b2-1-,5-3+,6-4+,9-7?,12-11+. The SMILES string of the molecule is [C]1=C\C=C\C=C/C=C/CC/C=C/1. The monoisotopic (exact) mass is 157 g/mol. The number of hydrogen-bond donors (Lipinski definition) is 0. The van der Waals surface area contributed by atoms with E-state index in [0.717, 1.165) is 12.8 Å². The first-order chi connectivity index (χ1) is 6.00. The van der Waals surface area contributed by atoms with Crippen molar-refractivity contribution in [3.05, 3.63) is 60.8 Å². The Hall–Kier alpha value is -1.30. The van der Waals surface area contributed by atoms with E-state index < -0.39 is 0 Å². The van der Waals surface area contributed by atoms with Gasteiger partial charge in [-0.15, -0.1) is 0 Å². The summed E-state index contributed by atoms with van der Waals surface area (Å²) < 4.78 is 0. The molecule has 0 amide bonds. The fourth-order valence-corrected chi connectivity index (χ4v) is 0.878. The number of hydrogen-bond acceptors (Lipinski definition) is 0. The van der Waals surface area contributed by atoms with E-state index in [9.17, 15) is 0 Å². The second kappa shape index (κ2) is 6.41. The molecule has 1 rings (SSSR count). The number of rotatable bonds is 0. The second-order valence-electron chi connectivity index (χ2n) is 2.51. The van der Waals surface area contributed by atoms with E-state index >= 15 is 0 Å². The second-order valence-corrected chi connectivity index (χ2v) is 2.51. The lowest BCUT2D eigenvalue weighted by Crippen LogP contribution is -1.64. The van der Waals surface area contributed by atoms with Gasteiger partial charge in [0, 0.05) is 0 Å². The zero-order valence-corrected chi connectivity index (χ0v) is 7.11. The molecule has 0 saturated heterocycles. The average molecular weight is 157 g/mol. The molecule has 1 aliphatic carbocycles. The molecule has 0 aromatic rings. The highest BCUT2D eigenvalue weighted by Gasteiger charge is 1.74. The summed E-state index contributed by atoms with van der Waals surface area (Å²) in [6, 6.07) is 0. The van der Waals surface area contributed by atoms with E-state index in [-0.39, 0.29) is 0 Å². The van der Waals surface area contributed by atoms with Gasteiger partial charge in [0.2, 0.25) is 0 Å². The summed E-state index contributed by atoms with van der Waals surface area (Å²) in [6.07, 6.45) is 23.5. The van der Waals surface area contributed by atoms with Gasteiger partial charge in [-0.2, -0.15) is 0 Å². The largest absolute Gasteiger partial charge is 0.0842 e. The summed E-state index contributed by atoms with van der Waals surface area (Å²) in [6.45, 7) is 0. The maximum absolute atomic E-state index is 3.05. The van der Waals surface area contributed by atoms with Crippen LogP contribution in [0.25, 0.3) is 0 Å². The third-order valence-corrected chi connectivity index (χ3v) is 1.49. The van der Waals surface area contributed by atoms with E-state index in [1.54, 1.807) is 0 Å². The van der Waals surface area contributed by atoms with Crippen molar-refractivity contribution in [2.24, 2.45) is 0 Å². The Bertz CT molecular complexity index is 211. The fraction of sp³-hybridized carbons (Fsp3) is 0.167. The van der Waals surface area contributed by atoms with Crippen LogP contribution in [-0.2, 0) is 0 Å². The minimum atomic E-state index is 1.09. The van der Waals surface area contributed by atoms with Crippen LogP contribution in [0.15, 0.2) is 54.7 Å². The van der Waals surface area contributed by atoms with E-state index in [4.69, 9.17) is 0 Å². The van der Waals surface area contributed by atoms with Crippen LogP contribution < -0.4 is 0 Å². The van der Waals surface area contributed by atoms with Gasteiger partial charge in [-0.3, -0.25) is 0 Å². The van der Waals surface area contributed by atoms with Crippen molar-refractivity contribution in [3.8, 4) is 0 Å². The molecule has 12 heavy (non-hydrogen) atoms. The van der Waals surface area contributed by atoms with Gasteiger partial charge in [0.05, 0.1) is 0 Å². The summed E-state index contributed by atoms with van der Waals surface area (Å²) >= 11 is 0. The molecular formula is C12H13. The lowest BCUT2D eigenvalue weighted by molar-refractivity contribution is 1.05. The third kappa shape index (κ3) is 4.51. The van der Waals surface area contributed by atoms with E-state index in [1.165, 1.54) is 0 Å². The van der Waals surface area contributed by atoms with Crippen molar-refractivity contribution in [3.63, 3.8) is 0 Å². The van der Waals surface area contributed by atoms with Gasteiger partial charge in [-0.1, -0.05) is 54.7 Å². The lowest BCUT2D eigenvalue weighted by atomic mass is 10.2. The average Bonchev–Trinajstić information content (AvgIpc) is 2.05. The van der Waals surface area contributed by atoms with E-state index in [0.29, 0.717) is 0 Å². The topological polar surface area (TPSA) is 0 Å². The van der Waals surface area contributed by atoms with E-state index in [1.807, 2.05) is 36.5 Å². The highest BCUT2D eigenvalue weighted by Crippen LogP contribution is 1.94. The highest BCUT2D eigenvalue weighted by molar-refractivity contribution is 5.16. The normalized spacial score (nSPS) is 30.7. The minimum Gasteiger partial charge on any atom is -0.0842 e. The Morgan fingerprint density at radius 2 is 1.50 bits per heavy atom. The molecule has 61 valence electrons. The summed E-state index contributed by atoms with van der Waals surface area (Å²) in [5.41, 5.74) is 0. The van der Waals surface area contributed by atoms with Gasteiger partial charge in [-0.25, -0.2) is 0 Å². The van der Waals surface area contributed by atoms with Gasteiger partial charge >= 0.3 is 0 Å². The first kappa shape index (κ1) is 8.79. The third-order valence-electron chi connectivity index (χ3n) is 1.49. The van der Waals surface area contributed by atoms with Crippen LogP contribution in [0.3, 0.4) is 0 Å². The predicted molar refractivity (Wildman–Crippen MR) is 53.6 cm³/mol. The molecule has 0 heteroatoms. The van der Waals surface area contributed by atoms with Crippen LogP contribution in [0.2, 0.25) is 0 Å². The molecule has 0 nitrogen and oxygen atoms in total. The van der Waals surface area contributed by atoms with Crippen LogP contribution in [0.5, 0.6) is 0 Å². The zero-order chi connectivity index (χ0) is 8.49. The van der Waals surface area contributed by atoms with Crippen LogP contribution in [0.1, 0.15) is 12.8 Å². The smallest absolute Gasteiger partial charge is 0.0187 e. The van der Waals surface area contributed by atoms with Crippen molar-refractivity contribution >= 4 is 0 Å². The molecule has 0 spiro atoms. The maximum Gasteiger partial charge on any atom is -0.0187 e. The predicted octanol–water partition coefficient (Wildman–Crippen LogP) is 3.36. The van der Waals surface area contributed by atoms with Crippen LogP contribution >= 0.6 is 0 Å². The van der Waals surface area contributed by atoms with E-state index in [2.05, 4.69) is 24.3 Å². The fourth-order valence-electron chi connectivity index (χ4n) is 0.878. The lowest BCUT2D eigenvalue weighted by Gasteiger charge is -1.84. The van der Waals surface area contributed by atoms with Crippen LogP contribution in [0.4, 0.5) is 0 Å². The maximum atomic E-state index is 3.05. The van der Waals surface area contributed by atoms with Gasteiger partial charge in [0.1, 0.15) is 0 Å². The molecule has 0 heterocycles. The molecule has 0 aromatic carbocycles. The molecule has 0 atom stereocenters. The molecule has 0 bridgehead atoms. The Morgan fingerprint density at radius 1 is 0.750 bits per heavy atom. The summed E-state index contributed by atoms with van der Waals surface area (Å²) in [5, 5.41) is 0. The quantitative estimate of drug-likeness (QED) is 0.505. The van der Waals surface area contributed by atoms with Crippen LogP contribution in [0, 0.1) is 6.08 Å². The summed E-state index contributed by atoms with van der Waals surface area (Å²) in [7, 11) is 0. The Balaban J connectivity index is 2.55. The van der Waals surface area contributed by atoms with Crippen molar-refractivity contribution < 1.29 is 0 Å². The molecule has 0 fully saturated rings. The molecular weight excluding hydrogens is 144 g/mol. The summed E-state index contributed by atoms with van der Waals surface area (Å²) in [5.74, 6) is 0. The van der Waals surface area contributed by atoms with Gasteiger partial charge < -0.3 is 0 Å². The summed E-state index contributed by atoms with van der Waals surface area (Å²) in [4.78, 5) is 0. The zero-order valence-electron chi connectivity index (χ0n) is 7.11. The minimum absolute atomic E-state index is 1.09. The molecule has 1 radical (unpaired) electrons. The first-order valence-electron chi connectivity index (χ1n) is 4.23. The van der Waals surface area contributed by atoms with Crippen molar-refractivity contribution in [1.82, 2.24) is 0 Å². The number of allylic oxidation sites excluding steroid dienone is 10. The van der Waals surface area contributed by atoms with Gasteiger partial charge in [0.15, 0.2) is 0 Å². The highest BCUT2D eigenvalue weighted by atomic mass is 13.8. The Kier molecular flexibility index (Phi) is 4.70. The van der Waals surface area contributed by atoms with Crippen molar-refractivity contribution in [1.29, 1.82) is 0 Å². The van der Waals surface area contributed by atoms with Crippen molar-refractivity contribution in [2.45, 2.75) is 12.8 Å². The molecule has 1 aliphatic rings. The molecule has 0 N–H and O–H groups in total. The molecule has 0 aliphatic heterocycles. The van der Waals surface area contributed by atoms with Gasteiger partial charge in [0.25, 0.3) is 0 Å². The molecule has 0 aromatic heterocycles. The first-order valence-corrected chi connectivity index (χ1v) is 4.23.